The second-order valence-electron chi connectivity index (χ2n) is 8.59. The Kier molecular flexibility index (Phi) is 5.16. The number of hydrogen-bond acceptors (Lipinski definition) is 4. The summed E-state index contributed by atoms with van der Waals surface area (Å²) in [6.45, 7) is 10.2. The molecule has 23 heavy (non-hydrogen) atoms. The smallest absolute Gasteiger partial charge is 0.407 e. The molecule has 4 fully saturated rings. The molecule has 3 aliphatic heterocycles. The average molecular weight is 323 g/mol. The minimum absolute atomic E-state index is 0.286. The van der Waals surface area contributed by atoms with Gasteiger partial charge in [-0.3, -0.25) is 0 Å². The van der Waals surface area contributed by atoms with Crippen molar-refractivity contribution >= 4 is 6.09 Å². The lowest BCUT2D eigenvalue weighted by atomic mass is 9.83. The first-order valence-corrected chi connectivity index (χ1v) is 9.36. The van der Waals surface area contributed by atoms with E-state index in [1.54, 1.807) is 0 Å². The van der Waals surface area contributed by atoms with Gasteiger partial charge in [0.1, 0.15) is 5.60 Å². The van der Waals surface area contributed by atoms with Crippen LogP contribution in [0.1, 0.15) is 52.9 Å². The molecular formula is C18H33N3O2. The van der Waals surface area contributed by atoms with Crippen molar-refractivity contribution in [1.29, 1.82) is 0 Å². The van der Waals surface area contributed by atoms with E-state index in [2.05, 4.69) is 15.5 Å². The van der Waals surface area contributed by atoms with E-state index >= 15 is 0 Å². The van der Waals surface area contributed by atoms with Crippen LogP contribution < -0.4 is 10.6 Å². The second-order valence-corrected chi connectivity index (χ2v) is 8.59. The monoisotopic (exact) mass is 323 g/mol. The molecule has 3 atom stereocenters. The molecule has 2 N–H and O–H groups in total. The first kappa shape index (κ1) is 17.0. The lowest BCUT2D eigenvalue weighted by molar-refractivity contribution is 0.0505. The predicted octanol–water partition coefficient (Wildman–Crippen LogP) is 2.36. The lowest BCUT2D eigenvalue weighted by Gasteiger charge is -2.46. The number of piperidine rings is 3. The van der Waals surface area contributed by atoms with Crippen molar-refractivity contribution in [3.63, 3.8) is 0 Å². The Morgan fingerprint density at radius 2 is 1.87 bits per heavy atom. The Balaban J connectivity index is 1.45. The highest BCUT2D eigenvalue weighted by Gasteiger charge is 2.37. The Morgan fingerprint density at radius 3 is 2.48 bits per heavy atom. The summed E-state index contributed by atoms with van der Waals surface area (Å²) in [6, 6.07) is 1.21. The van der Waals surface area contributed by atoms with Gasteiger partial charge in [0.15, 0.2) is 0 Å². The summed E-state index contributed by atoms with van der Waals surface area (Å²) < 4.78 is 5.35. The molecule has 5 nitrogen and oxygen atoms in total. The van der Waals surface area contributed by atoms with Crippen molar-refractivity contribution < 1.29 is 9.53 Å². The number of ether oxygens (including phenoxy) is 1. The molecule has 0 aromatic rings. The van der Waals surface area contributed by atoms with Crippen molar-refractivity contribution in [2.45, 2.75) is 70.6 Å². The van der Waals surface area contributed by atoms with Gasteiger partial charge >= 0.3 is 6.09 Å². The van der Waals surface area contributed by atoms with Crippen molar-refractivity contribution in [2.24, 2.45) is 11.8 Å². The van der Waals surface area contributed by atoms with Crippen LogP contribution in [0.2, 0.25) is 0 Å². The Morgan fingerprint density at radius 1 is 1.13 bits per heavy atom. The minimum atomic E-state index is -0.423. The molecule has 0 radical (unpaired) electrons. The maximum Gasteiger partial charge on any atom is 0.407 e. The predicted molar refractivity (Wildman–Crippen MR) is 91.5 cm³/mol. The molecule has 4 aliphatic rings. The molecule has 132 valence electrons. The average Bonchev–Trinajstić information content (AvgIpc) is 2.92. The zero-order valence-corrected chi connectivity index (χ0v) is 14.9. The zero-order chi connectivity index (χ0) is 16.4. The number of fused-ring (bicyclic) bond motifs is 3. The highest BCUT2D eigenvalue weighted by Crippen LogP contribution is 2.31. The van der Waals surface area contributed by atoms with E-state index < -0.39 is 5.60 Å². The molecular weight excluding hydrogens is 290 g/mol. The summed E-state index contributed by atoms with van der Waals surface area (Å²) in [5.74, 6) is 1.40. The molecule has 3 saturated heterocycles. The van der Waals surface area contributed by atoms with Gasteiger partial charge in [-0.15, -0.1) is 0 Å². The van der Waals surface area contributed by atoms with Crippen molar-refractivity contribution in [1.82, 2.24) is 15.5 Å². The van der Waals surface area contributed by atoms with Gasteiger partial charge in [0.2, 0.25) is 0 Å². The molecule has 0 aromatic heterocycles. The number of amides is 1. The van der Waals surface area contributed by atoms with Gasteiger partial charge in [-0.1, -0.05) is 6.42 Å². The molecule has 1 aliphatic carbocycles. The zero-order valence-electron chi connectivity index (χ0n) is 14.9. The molecule has 0 aromatic carbocycles. The molecule has 5 heteroatoms. The number of nitrogens with zero attached hydrogens (tertiary/aromatic N) is 1. The minimum Gasteiger partial charge on any atom is -0.444 e. The second kappa shape index (κ2) is 6.98. The van der Waals surface area contributed by atoms with Gasteiger partial charge in [0.05, 0.1) is 0 Å². The number of nitrogens with one attached hydrogen (secondary N) is 2. The Hall–Kier alpha value is -0.810. The first-order chi connectivity index (χ1) is 10.9. The largest absolute Gasteiger partial charge is 0.444 e. The van der Waals surface area contributed by atoms with Crippen LogP contribution in [0.4, 0.5) is 4.79 Å². The van der Waals surface area contributed by atoms with E-state index in [1.807, 2.05) is 20.8 Å². The standard InChI is InChI=1S/C18H33N3O2/c1-18(2,3)23-17(22)19-11-14-5-4-6-15(14)20-16-12-21-9-7-13(16)8-10-21/h13-16,20H,4-12H2,1-3H3,(H,19,22). The summed E-state index contributed by atoms with van der Waals surface area (Å²) in [4.78, 5) is 14.5. The van der Waals surface area contributed by atoms with Gasteiger partial charge in [0, 0.05) is 25.2 Å². The summed E-state index contributed by atoms with van der Waals surface area (Å²) in [5.41, 5.74) is -0.423. The topological polar surface area (TPSA) is 53.6 Å². The van der Waals surface area contributed by atoms with Gasteiger partial charge in [-0.05, 0) is 71.4 Å². The van der Waals surface area contributed by atoms with Crippen LogP contribution in [-0.2, 0) is 4.74 Å². The SMILES string of the molecule is CC(C)(C)OC(=O)NCC1CCCC1NC1CN2CCC1CC2. The fourth-order valence-electron chi connectivity index (χ4n) is 4.46. The van der Waals surface area contributed by atoms with Crippen molar-refractivity contribution in [3.05, 3.63) is 0 Å². The number of alkyl carbamates (subject to hydrolysis) is 1. The van der Waals surface area contributed by atoms with Crippen LogP contribution in [-0.4, -0.2) is 54.9 Å². The molecule has 1 saturated carbocycles. The number of carbonyl (C=O) groups excluding carboxylic acids is 1. The quantitative estimate of drug-likeness (QED) is 0.834. The summed E-state index contributed by atoms with van der Waals surface area (Å²) in [7, 11) is 0. The van der Waals surface area contributed by atoms with Crippen LogP contribution in [0.25, 0.3) is 0 Å². The lowest BCUT2D eigenvalue weighted by Crippen LogP contribution is -2.58. The van der Waals surface area contributed by atoms with E-state index in [0.717, 1.165) is 12.5 Å². The Bertz CT molecular complexity index is 413. The maximum absolute atomic E-state index is 11.9. The molecule has 3 heterocycles. The maximum atomic E-state index is 11.9. The summed E-state index contributed by atoms with van der Waals surface area (Å²) >= 11 is 0. The fraction of sp³-hybridized carbons (Fsp3) is 0.944. The third-order valence-electron chi connectivity index (χ3n) is 5.65. The van der Waals surface area contributed by atoms with E-state index in [1.165, 1.54) is 51.7 Å². The van der Waals surface area contributed by atoms with Crippen LogP contribution in [0.15, 0.2) is 0 Å². The van der Waals surface area contributed by atoms with E-state index in [-0.39, 0.29) is 6.09 Å². The van der Waals surface area contributed by atoms with Crippen LogP contribution in [0.5, 0.6) is 0 Å². The third kappa shape index (κ3) is 4.60. The first-order valence-electron chi connectivity index (χ1n) is 9.36. The highest BCUT2D eigenvalue weighted by atomic mass is 16.6. The van der Waals surface area contributed by atoms with Crippen LogP contribution >= 0.6 is 0 Å². The third-order valence-corrected chi connectivity index (χ3v) is 5.65. The molecule has 1 amide bonds. The normalized spacial score (nSPS) is 36.9. The molecule has 2 bridgehead atoms. The van der Waals surface area contributed by atoms with Crippen LogP contribution in [0, 0.1) is 11.8 Å². The van der Waals surface area contributed by atoms with Gasteiger partial charge in [0.25, 0.3) is 0 Å². The highest BCUT2D eigenvalue weighted by molar-refractivity contribution is 5.67. The fourth-order valence-corrected chi connectivity index (χ4v) is 4.46. The summed E-state index contributed by atoms with van der Waals surface area (Å²) in [5, 5.41) is 6.91. The molecule has 3 unspecified atom stereocenters. The van der Waals surface area contributed by atoms with Crippen molar-refractivity contribution in [2.75, 3.05) is 26.2 Å². The Labute approximate surface area is 140 Å². The van der Waals surface area contributed by atoms with Crippen LogP contribution in [0.3, 0.4) is 0 Å². The molecule has 0 spiro atoms. The van der Waals surface area contributed by atoms with Gasteiger partial charge in [-0.25, -0.2) is 4.79 Å². The summed E-state index contributed by atoms with van der Waals surface area (Å²) in [6.07, 6.45) is 6.12. The number of hydrogen-bond donors (Lipinski definition) is 2. The number of rotatable bonds is 4. The van der Waals surface area contributed by atoms with Gasteiger partial charge in [-0.2, -0.15) is 0 Å². The van der Waals surface area contributed by atoms with E-state index in [0.29, 0.717) is 18.0 Å². The van der Waals surface area contributed by atoms with Crippen molar-refractivity contribution in [3.8, 4) is 0 Å². The van der Waals surface area contributed by atoms with E-state index in [4.69, 9.17) is 4.74 Å². The van der Waals surface area contributed by atoms with Gasteiger partial charge < -0.3 is 20.3 Å². The molecule has 4 rings (SSSR count). The van der Waals surface area contributed by atoms with E-state index in [9.17, 15) is 4.79 Å². The number of carbonyl (C=O) groups is 1.